The number of methoxy groups -OCH3 is 2. The molecule has 1 aromatic heterocycles. The summed E-state index contributed by atoms with van der Waals surface area (Å²) in [6, 6.07) is 1.78. The third-order valence-electron chi connectivity index (χ3n) is 3.12. The second kappa shape index (κ2) is 6.56. The molecular formula is C13H20N2O3. The highest BCUT2D eigenvalue weighted by Gasteiger charge is 2.16. The Labute approximate surface area is 107 Å². The fourth-order valence-electron chi connectivity index (χ4n) is 2.13. The SMILES string of the molecule is COc1ccnc(COCC2CCNC2)c1OC. The molecule has 0 saturated carbocycles. The lowest BCUT2D eigenvalue weighted by molar-refractivity contribution is 0.0883. The Balaban J connectivity index is 1.91. The molecule has 100 valence electrons. The fourth-order valence-corrected chi connectivity index (χ4v) is 2.13. The maximum atomic E-state index is 5.71. The molecule has 18 heavy (non-hydrogen) atoms. The molecule has 2 heterocycles. The minimum absolute atomic E-state index is 0.455. The Morgan fingerprint density at radius 1 is 1.39 bits per heavy atom. The molecule has 0 bridgehead atoms. The van der Waals surface area contributed by atoms with E-state index in [1.54, 1.807) is 26.5 Å². The van der Waals surface area contributed by atoms with E-state index in [9.17, 15) is 0 Å². The second-order valence-corrected chi connectivity index (χ2v) is 4.37. The van der Waals surface area contributed by atoms with Crippen LogP contribution in [0.2, 0.25) is 0 Å². The normalized spacial score (nSPS) is 18.9. The van der Waals surface area contributed by atoms with Crippen LogP contribution in [0.4, 0.5) is 0 Å². The molecule has 0 radical (unpaired) electrons. The Kier molecular flexibility index (Phi) is 4.78. The van der Waals surface area contributed by atoms with Crippen molar-refractivity contribution in [2.45, 2.75) is 13.0 Å². The van der Waals surface area contributed by atoms with E-state index in [4.69, 9.17) is 14.2 Å². The number of nitrogens with one attached hydrogen (secondary N) is 1. The van der Waals surface area contributed by atoms with Crippen LogP contribution in [0.5, 0.6) is 11.5 Å². The summed E-state index contributed by atoms with van der Waals surface area (Å²) in [7, 11) is 3.23. The smallest absolute Gasteiger partial charge is 0.184 e. The minimum atomic E-state index is 0.455. The van der Waals surface area contributed by atoms with Gasteiger partial charge in [-0.15, -0.1) is 0 Å². The number of pyridine rings is 1. The summed E-state index contributed by atoms with van der Waals surface area (Å²) in [5.74, 6) is 1.96. The summed E-state index contributed by atoms with van der Waals surface area (Å²) in [6.07, 6.45) is 2.89. The van der Waals surface area contributed by atoms with Gasteiger partial charge in [0.05, 0.1) is 27.4 Å². The summed E-state index contributed by atoms with van der Waals surface area (Å²) in [5.41, 5.74) is 0.780. The van der Waals surface area contributed by atoms with Crippen LogP contribution in [0.25, 0.3) is 0 Å². The van der Waals surface area contributed by atoms with Crippen molar-refractivity contribution in [1.29, 1.82) is 0 Å². The van der Waals surface area contributed by atoms with E-state index < -0.39 is 0 Å². The lowest BCUT2D eigenvalue weighted by Gasteiger charge is -2.13. The van der Waals surface area contributed by atoms with Gasteiger partial charge >= 0.3 is 0 Å². The molecule has 0 aromatic carbocycles. The summed E-state index contributed by atoms with van der Waals surface area (Å²) in [4.78, 5) is 4.28. The van der Waals surface area contributed by atoms with Gasteiger partial charge in [-0.1, -0.05) is 0 Å². The predicted molar refractivity (Wildman–Crippen MR) is 68.0 cm³/mol. The number of rotatable bonds is 6. The number of aromatic nitrogens is 1. The topological polar surface area (TPSA) is 52.6 Å². The standard InChI is InChI=1S/C13H20N2O3/c1-16-12-4-6-15-11(13(12)17-2)9-18-8-10-3-5-14-7-10/h4,6,10,14H,3,5,7-9H2,1-2H3. The lowest BCUT2D eigenvalue weighted by atomic mass is 10.1. The van der Waals surface area contributed by atoms with Crippen molar-refractivity contribution in [3.8, 4) is 11.5 Å². The van der Waals surface area contributed by atoms with Gasteiger partial charge in [0.1, 0.15) is 5.69 Å². The van der Waals surface area contributed by atoms with Crippen LogP contribution in [0.3, 0.4) is 0 Å². The largest absolute Gasteiger partial charge is 0.493 e. The molecule has 0 amide bonds. The Morgan fingerprint density at radius 2 is 2.28 bits per heavy atom. The van der Waals surface area contributed by atoms with Crippen LogP contribution in [0.1, 0.15) is 12.1 Å². The van der Waals surface area contributed by atoms with Gasteiger partial charge in [-0.3, -0.25) is 4.98 Å². The minimum Gasteiger partial charge on any atom is -0.493 e. The maximum absolute atomic E-state index is 5.71. The van der Waals surface area contributed by atoms with Gasteiger partial charge in [0.15, 0.2) is 11.5 Å². The second-order valence-electron chi connectivity index (χ2n) is 4.37. The first-order valence-electron chi connectivity index (χ1n) is 6.19. The summed E-state index contributed by atoms with van der Waals surface area (Å²) < 4.78 is 16.2. The fraction of sp³-hybridized carbons (Fsp3) is 0.615. The summed E-state index contributed by atoms with van der Waals surface area (Å²) >= 11 is 0. The molecule has 2 rings (SSSR count). The highest BCUT2D eigenvalue weighted by atomic mass is 16.5. The zero-order chi connectivity index (χ0) is 12.8. The Hall–Kier alpha value is -1.33. The molecule has 1 aromatic rings. The average molecular weight is 252 g/mol. The van der Waals surface area contributed by atoms with Crippen molar-refractivity contribution < 1.29 is 14.2 Å². The van der Waals surface area contributed by atoms with E-state index >= 15 is 0 Å². The maximum Gasteiger partial charge on any atom is 0.184 e. The number of ether oxygens (including phenoxy) is 3. The zero-order valence-corrected chi connectivity index (χ0v) is 10.9. The molecule has 1 aliphatic heterocycles. The van der Waals surface area contributed by atoms with E-state index in [1.165, 1.54) is 6.42 Å². The van der Waals surface area contributed by atoms with Crippen molar-refractivity contribution in [1.82, 2.24) is 10.3 Å². The van der Waals surface area contributed by atoms with E-state index in [2.05, 4.69) is 10.3 Å². The van der Waals surface area contributed by atoms with Crippen molar-refractivity contribution in [2.75, 3.05) is 33.9 Å². The third-order valence-corrected chi connectivity index (χ3v) is 3.12. The van der Waals surface area contributed by atoms with E-state index in [0.717, 1.165) is 25.4 Å². The third kappa shape index (κ3) is 3.11. The molecule has 1 fully saturated rings. The first kappa shape index (κ1) is 13.1. The quantitative estimate of drug-likeness (QED) is 0.825. The van der Waals surface area contributed by atoms with Crippen LogP contribution in [-0.4, -0.2) is 38.9 Å². The average Bonchev–Trinajstić information content (AvgIpc) is 2.91. The number of nitrogens with zero attached hydrogens (tertiary/aromatic N) is 1. The van der Waals surface area contributed by atoms with E-state index in [-0.39, 0.29) is 0 Å². The molecule has 0 spiro atoms. The molecule has 0 aliphatic carbocycles. The number of hydrogen-bond donors (Lipinski definition) is 1. The van der Waals surface area contributed by atoms with Crippen LogP contribution in [0.15, 0.2) is 12.3 Å². The van der Waals surface area contributed by atoms with Gasteiger partial charge in [-0.25, -0.2) is 0 Å². The van der Waals surface area contributed by atoms with Crippen LogP contribution in [0, 0.1) is 5.92 Å². The van der Waals surface area contributed by atoms with Gasteiger partial charge in [0.2, 0.25) is 0 Å². The molecule has 1 atom stereocenters. The van der Waals surface area contributed by atoms with Gasteiger partial charge < -0.3 is 19.5 Å². The zero-order valence-electron chi connectivity index (χ0n) is 10.9. The monoisotopic (exact) mass is 252 g/mol. The Morgan fingerprint density at radius 3 is 2.94 bits per heavy atom. The molecule has 1 unspecified atom stereocenters. The van der Waals surface area contributed by atoms with Crippen molar-refractivity contribution in [3.05, 3.63) is 18.0 Å². The highest BCUT2D eigenvalue weighted by Crippen LogP contribution is 2.29. The van der Waals surface area contributed by atoms with Gasteiger partial charge in [0, 0.05) is 18.8 Å². The van der Waals surface area contributed by atoms with E-state index in [0.29, 0.717) is 24.0 Å². The van der Waals surface area contributed by atoms with Crippen molar-refractivity contribution in [2.24, 2.45) is 5.92 Å². The molecule has 5 nitrogen and oxygen atoms in total. The van der Waals surface area contributed by atoms with Crippen LogP contribution >= 0.6 is 0 Å². The summed E-state index contributed by atoms with van der Waals surface area (Å²) in [6.45, 7) is 3.35. The van der Waals surface area contributed by atoms with Crippen molar-refractivity contribution >= 4 is 0 Å². The Bertz CT molecular complexity index is 378. The highest BCUT2D eigenvalue weighted by molar-refractivity contribution is 5.42. The lowest BCUT2D eigenvalue weighted by Crippen LogP contribution is -2.14. The van der Waals surface area contributed by atoms with Gasteiger partial charge in [0.25, 0.3) is 0 Å². The number of hydrogen-bond acceptors (Lipinski definition) is 5. The first-order chi connectivity index (χ1) is 8.85. The van der Waals surface area contributed by atoms with Gasteiger partial charge in [-0.05, 0) is 18.9 Å². The molecule has 5 heteroatoms. The predicted octanol–water partition coefficient (Wildman–Crippen LogP) is 1.22. The van der Waals surface area contributed by atoms with Crippen LogP contribution < -0.4 is 14.8 Å². The molecule has 1 saturated heterocycles. The molecular weight excluding hydrogens is 232 g/mol. The van der Waals surface area contributed by atoms with Crippen molar-refractivity contribution in [3.63, 3.8) is 0 Å². The molecule has 1 N–H and O–H groups in total. The summed E-state index contributed by atoms with van der Waals surface area (Å²) in [5, 5.41) is 3.32. The van der Waals surface area contributed by atoms with Crippen LogP contribution in [-0.2, 0) is 11.3 Å². The van der Waals surface area contributed by atoms with E-state index in [1.807, 2.05) is 0 Å². The first-order valence-corrected chi connectivity index (χ1v) is 6.19. The molecule has 1 aliphatic rings. The van der Waals surface area contributed by atoms with Gasteiger partial charge in [-0.2, -0.15) is 0 Å².